The van der Waals surface area contributed by atoms with Gasteiger partial charge in [-0.15, -0.1) is 0 Å². The van der Waals surface area contributed by atoms with Crippen molar-refractivity contribution in [1.29, 1.82) is 0 Å². The predicted molar refractivity (Wildman–Crippen MR) is 84.9 cm³/mol. The lowest BCUT2D eigenvalue weighted by atomic mass is 10.1. The molecule has 1 aromatic carbocycles. The molecule has 2 heterocycles. The van der Waals surface area contributed by atoms with Crippen molar-refractivity contribution in [1.82, 2.24) is 4.98 Å². The molecule has 0 radical (unpaired) electrons. The number of nitrogens with zero attached hydrogens (tertiary/aromatic N) is 3. The molecule has 3 rings (SSSR count). The van der Waals surface area contributed by atoms with E-state index < -0.39 is 0 Å². The highest BCUT2D eigenvalue weighted by Crippen LogP contribution is 2.31. The molecule has 21 heavy (non-hydrogen) atoms. The second-order valence-corrected chi connectivity index (χ2v) is 5.42. The molecule has 5 heteroatoms. The van der Waals surface area contributed by atoms with Crippen LogP contribution in [0.1, 0.15) is 31.2 Å². The number of anilines is 1. The van der Waals surface area contributed by atoms with Gasteiger partial charge in [-0.05, 0) is 18.9 Å². The van der Waals surface area contributed by atoms with Crippen molar-refractivity contribution in [3.63, 3.8) is 0 Å². The van der Waals surface area contributed by atoms with E-state index in [2.05, 4.69) is 21.1 Å². The van der Waals surface area contributed by atoms with Crippen LogP contribution in [-0.2, 0) is 0 Å². The minimum atomic E-state index is 0.118. The number of rotatable bonds is 2. The summed E-state index contributed by atoms with van der Waals surface area (Å²) in [6.45, 7) is 2.00. The SMILES string of the molecule is N/C(=N\O)c1cnc2ccccc2c1N1CCCCCC1. The fraction of sp³-hybridized carbons (Fsp3) is 0.375. The first-order valence-corrected chi connectivity index (χ1v) is 7.42. The average molecular weight is 284 g/mol. The molecular formula is C16H20N4O. The quantitative estimate of drug-likeness (QED) is 0.385. The van der Waals surface area contributed by atoms with Crippen molar-refractivity contribution >= 4 is 22.4 Å². The van der Waals surface area contributed by atoms with E-state index in [1.807, 2.05) is 18.2 Å². The highest BCUT2D eigenvalue weighted by atomic mass is 16.4. The molecule has 1 aromatic heterocycles. The Morgan fingerprint density at radius 1 is 1.14 bits per heavy atom. The third-order valence-electron chi connectivity index (χ3n) is 4.05. The van der Waals surface area contributed by atoms with Crippen molar-refractivity contribution in [2.45, 2.75) is 25.7 Å². The van der Waals surface area contributed by atoms with Crippen LogP contribution in [-0.4, -0.2) is 29.1 Å². The van der Waals surface area contributed by atoms with E-state index in [9.17, 15) is 0 Å². The van der Waals surface area contributed by atoms with Gasteiger partial charge in [0.15, 0.2) is 5.84 Å². The van der Waals surface area contributed by atoms with E-state index in [-0.39, 0.29) is 5.84 Å². The highest BCUT2D eigenvalue weighted by molar-refractivity contribution is 6.08. The molecule has 0 bridgehead atoms. The first-order valence-electron chi connectivity index (χ1n) is 7.42. The van der Waals surface area contributed by atoms with E-state index in [1.165, 1.54) is 25.7 Å². The maximum atomic E-state index is 9.06. The molecule has 0 aliphatic carbocycles. The van der Waals surface area contributed by atoms with E-state index in [4.69, 9.17) is 10.9 Å². The second kappa shape index (κ2) is 5.99. The average Bonchev–Trinajstić information content (AvgIpc) is 2.82. The fourth-order valence-electron chi connectivity index (χ4n) is 3.00. The van der Waals surface area contributed by atoms with Crippen LogP contribution in [0.15, 0.2) is 35.6 Å². The van der Waals surface area contributed by atoms with Gasteiger partial charge in [-0.3, -0.25) is 4.98 Å². The lowest BCUT2D eigenvalue weighted by Gasteiger charge is -2.26. The molecule has 0 amide bonds. The maximum Gasteiger partial charge on any atom is 0.173 e. The predicted octanol–water partition coefficient (Wildman–Crippen LogP) is 2.71. The van der Waals surface area contributed by atoms with Gasteiger partial charge in [-0.1, -0.05) is 36.2 Å². The second-order valence-electron chi connectivity index (χ2n) is 5.42. The van der Waals surface area contributed by atoms with E-state index in [1.54, 1.807) is 6.20 Å². The van der Waals surface area contributed by atoms with Crippen LogP contribution < -0.4 is 10.6 Å². The van der Waals surface area contributed by atoms with Gasteiger partial charge in [0.1, 0.15) is 0 Å². The van der Waals surface area contributed by atoms with Crippen LogP contribution in [0.2, 0.25) is 0 Å². The Morgan fingerprint density at radius 2 is 1.86 bits per heavy atom. The smallest absolute Gasteiger partial charge is 0.173 e. The van der Waals surface area contributed by atoms with E-state index in [0.29, 0.717) is 5.56 Å². The molecule has 5 nitrogen and oxygen atoms in total. The number of amidine groups is 1. The van der Waals surface area contributed by atoms with Crippen molar-refractivity contribution < 1.29 is 5.21 Å². The van der Waals surface area contributed by atoms with Gasteiger partial charge in [0.25, 0.3) is 0 Å². The van der Waals surface area contributed by atoms with Crippen LogP contribution in [0.3, 0.4) is 0 Å². The standard InChI is InChI=1S/C16H20N4O/c17-16(19-21)13-11-18-14-8-4-3-7-12(14)15(13)20-9-5-1-2-6-10-20/h3-4,7-8,11,21H,1-2,5-6,9-10H2,(H2,17,19). The van der Waals surface area contributed by atoms with Crippen LogP contribution in [0.25, 0.3) is 10.9 Å². The number of oxime groups is 1. The number of hydrogen-bond acceptors (Lipinski definition) is 4. The summed E-state index contributed by atoms with van der Waals surface area (Å²) in [7, 11) is 0. The van der Waals surface area contributed by atoms with Gasteiger partial charge in [0, 0.05) is 24.7 Å². The summed E-state index contributed by atoms with van der Waals surface area (Å²) < 4.78 is 0. The summed E-state index contributed by atoms with van der Waals surface area (Å²) in [5.74, 6) is 0.118. The van der Waals surface area contributed by atoms with Crippen LogP contribution in [0.5, 0.6) is 0 Å². The van der Waals surface area contributed by atoms with Crippen molar-refractivity contribution in [2.24, 2.45) is 10.9 Å². The summed E-state index contributed by atoms with van der Waals surface area (Å²) in [6, 6.07) is 8.02. The number of hydrogen-bond donors (Lipinski definition) is 2. The summed E-state index contributed by atoms with van der Waals surface area (Å²) in [5, 5.41) is 13.3. The van der Waals surface area contributed by atoms with E-state index in [0.717, 1.165) is 29.7 Å². The minimum absolute atomic E-state index is 0.118. The molecule has 0 unspecified atom stereocenters. The van der Waals surface area contributed by atoms with Gasteiger partial charge in [0.2, 0.25) is 0 Å². The third kappa shape index (κ3) is 2.63. The first kappa shape index (κ1) is 13.7. The molecule has 1 fully saturated rings. The third-order valence-corrected chi connectivity index (χ3v) is 4.05. The number of aromatic nitrogens is 1. The van der Waals surface area contributed by atoms with Gasteiger partial charge < -0.3 is 15.8 Å². The molecule has 3 N–H and O–H groups in total. The molecule has 1 aliphatic heterocycles. The number of para-hydroxylation sites is 1. The Bertz CT molecular complexity index is 660. The van der Waals surface area contributed by atoms with Crippen molar-refractivity contribution in [2.75, 3.05) is 18.0 Å². The van der Waals surface area contributed by atoms with Crippen molar-refractivity contribution in [3.05, 3.63) is 36.0 Å². The Morgan fingerprint density at radius 3 is 2.57 bits per heavy atom. The number of nitrogens with two attached hydrogens (primary N) is 1. The summed E-state index contributed by atoms with van der Waals surface area (Å²) in [5.41, 5.74) is 8.55. The molecule has 0 spiro atoms. The zero-order chi connectivity index (χ0) is 14.7. The molecule has 0 saturated carbocycles. The zero-order valence-electron chi connectivity index (χ0n) is 12.0. The summed E-state index contributed by atoms with van der Waals surface area (Å²) in [4.78, 5) is 6.78. The number of fused-ring (bicyclic) bond motifs is 1. The molecular weight excluding hydrogens is 264 g/mol. The van der Waals surface area contributed by atoms with Crippen LogP contribution >= 0.6 is 0 Å². The number of pyridine rings is 1. The minimum Gasteiger partial charge on any atom is -0.409 e. The largest absolute Gasteiger partial charge is 0.409 e. The molecule has 1 saturated heterocycles. The first-order chi connectivity index (χ1) is 10.3. The summed E-state index contributed by atoms with van der Waals surface area (Å²) >= 11 is 0. The lowest BCUT2D eigenvalue weighted by molar-refractivity contribution is 0.318. The molecule has 1 aliphatic rings. The normalized spacial score (nSPS) is 17.0. The Kier molecular flexibility index (Phi) is 3.90. The zero-order valence-corrected chi connectivity index (χ0v) is 12.0. The van der Waals surface area contributed by atoms with Crippen LogP contribution in [0, 0.1) is 0 Å². The molecule has 0 atom stereocenters. The topological polar surface area (TPSA) is 74.7 Å². The Hall–Kier alpha value is -2.30. The van der Waals surface area contributed by atoms with Gasteiger partial charge in [-0.2, -0.15) is 0 Å². The summed E-state index contributed by atoms with van der Waals surface area (Å²) in [6.07, 6.45) is 6.58. The van der Waals surface area contributed by atoms with Gasteiger partial charge in [-0.25, -0.2) is 0 Å². The number of benzene rings is 1. The van der Waals surface area contributed by atoms with E-state index >= 15 is 0 Å². The van der Waals surface area contributed by atoms with Gasteiger partial charge >= 0.3 is 0 Å². The Labute approximate surface area is 124 Å². The van der Waals surface area contributed by atoms with Crippen molar-refractivity contribution in [3.8, 4) is 0 Å². The fourth-order valence-corrected chi connectivity index (χ4v) is 3.00. The maximum absolute atomic E-state index is 9.06. The molecule has 110 valence electrons. The lowest BCUT2D eigenvalue weighted by Crippen LogP contribution is -2.28. The van der Waals surface area contributed by atoms with Gasteiger partial charge in [0.05, 0.1) is 16.8 Å². The highest BCUT2D eigenvalue weighted by Gasteiger charge is 2.19. The Balaban J connectivity index is 2.19. The molecule has 2 aromatic rings. The monoisotopic (exact) mass is 284 g/mol. The van der Waals surface area contributed by atoms with Crippen LogP contribution in [0.4, 0.5) is 5.69 Å².